The van der Waals surface area contributed by atoms with Crippen molar-refractivity contribution < 1.29 is 19.4 Å². The highest BCUT2D eigenvalue weighted by molar-refractivity contribution is 6.00. The Morgan fingerprint density at radius 1 is 1.05 bits per heavy atom. The zero-order valence-electron chi connectivity index (χ0n) is 12.3. The van der Waals surface area contributed by atoms with Crippen molar-refractivity contribution in [3.05, 3.63) is 53.1 Å². The Labute approximate surface area is 123 Å². The van der Waals surface area contributed by atoms with E-state index < -0.39 is 0 Å². The summed E-state index contributed by atoms with van der Waals surface area (Å²) in [5.74, 6) is 1.12. The standard InChI is InChI=1S/C17H18O4/c1-11-4-5-15(16(18)6-11)17(19)9-12-7-13(20-2)10-14(8-12)21-3/h4-8,10,18H,9H2,1-3H3. The van der Waals surface area contributed by atoms with Gasteiger partial charge in [-0.15, -0.1) is 0 Å². The van der Waals surface area contributed by atoms with Crippen molar-refractivity contribution in [2.45, 2.75) is 13.3 Å². The third kappa shape index (κ3) is 3.54. The number of Topliss-reactive ketones (excluding diaryl/α,β-unsaturated/α-hetero) is 1. The van der Waals surface area contributed by atoms with E-state index in [-0.39, 0.29) is 18.0 Å². The van der Waals surface area contributed by atoms with Gasteiger partial charge in [0, 0.05) is 12.5 Å². The summed E-state index contributed by atoms with van der Waals surface area (Å²) in [6.45, 7) is 1.86. The molecule has 4 nitrogen and oxygen atoms in total. The van der Waals surface area contributed by atoms with Gasteiger partial charge in [-0.3, -0.25) is 4.79 Å². The van der Waals surface area contributed by atoms with E-state index in [4.69, 9.17) is 9.47 Å². The molecule has 0 aliphatic rings. The molecule has 0 saturated heterocycles. The molecule has 1 N–H and O–H groups in total. The second-order valence-electron chi connectivity index (χ2n) is 4.84. The van der Waals surface area contributed by atoms with Crippen LogP contribution in [0, 0.1) is 6.92 Å². The summed E-state index contributed by atoms with van der Waals surface area (Å²) in [6.07, 6.45) is 0.171. The molecule has 0 radical (unpaired) electrons. The first-order valence-electron chi connectivity index (χ1n) is 6.58. The molecule has 0 aliphatic carbocycles. The molecule has 2 aromatic carbocycles. The molecule has 0 atom stereocenters. The molecule has 21 heavy (non-hydrogen) atoms. The van der Waals surface area contributed by atoms with Crippen LogP contribution in [0.25, 0.3) is 0 Å². The first-order chi connectivity index (χ1) is 10.0. The van der Waals surface area contributed by atoms with Crippen LogP contribution in [-0.2, 0) is 6.42 Å². The van der Waals surface area contributed by atoms with E-state index in [0.717, 1.165) is 11.1 Å². The average molecular weight is 286 g/mol. The van der Waals surface area contributed by atoms with Crippen LogP contribution in [0.15, 0.2) is 36.4 Å². The fourth-order valence-electron chi connectivity index (χ4n) is 2.13. The fraction of sp³-hybridized carbons (Fsp3) is 0.235. The lowest BCUT2D eigenvalue weighted by Gasteiger charge is -2.09. The number of aromatic hydroxyl groups is 1. The van der Waals surface area contributed by atoms with Gasteiger partial charge in [0.1, 0.15) is 17.2 Å². The van der Waals surface area contributed by atoms with Crippen molar-refractivity contribution in [1.82, 2.24) is 0 Å². The number of hydrogen-bond donors (Lipinski definition) is 1. The average Bonchev–Trinajstić information content (AvgIpc) is 2.46. The van der Waals surface area contributed by atoms with E-state index in [1.54, 1.807) is 50.6 Å². The molecule has 110 valence electrons. The number of phenols is 1. The molecule has 0 saturated carbocycles. The first-order valence-corrected chi connectivity index (χ1v) is 6.58. The predicted octanol–water partition coefficient (Wildman–Crippen LogP) is 3.14. The number of benzene rings is 2. The molecule has 0 heterocycles. The Morgan fingerprint density at radius 2 is 1.67 bits per heavy atom. The smallest absolute Gasteiger partial charge is 0.170 e. The SMILES string of the molecule is COc1cc(CC(=O)c2ccc(C)cc2O)cc(OC)c1. The summed E-state index contributed by atoms with van der Waals surface area (Å²) in [7, 11) is 3.12. The molecule has 0 aromatic heterocycles. The summed E-state index contributed by atoms with van der Waals surface area (Å²) >= 11 is 0. The number of phenolic OH excluding ortho intramolecular Hbond substituents is 1. The van der Waals surface area contributed by atoms with Gasteiger partial charge < -0.3 is 14.6 Å². The molecule has 2 aromatic rings. The Balaban J connectivity index is 2.26. The van der Waals surface area contributed by atoms with E-state index in [2.05, 4.69) is 0 Å². The Bertz CT molecular complexity index is 640. The van der Waals surface area contributed by atoms with Crippen LogP contribution in [0.5, 0.6) is 17.2 Å². The molecule has 0 spiro atoms. The summed E-state index contributed by atoms with van der Waals surface area (Å²) < 4.78 is 10.4. The monoisotopic (exact) mass is 286 g/mol. The van der Waals surface area contributed by atoms with Crippen LogP contribution in [0.2, 0.25) is 0 Å². The van der Waals surface area contributed by atoms with E-state index in [1.807, 2.05) is 6.92 Å². The van der Waals surface area contributed by atoms with Gasteiger partial charge in [-0.25, -0.2) is 0 Å². The number of rotatable bonds is 5. The van der Waals surface area contributed by atoms with Crippen molar-refractivity contribution in [2.75, 3.05) is 14.2 Å². The van der Waals surface area contributed by atoms with Crippen LogP contribution >= 0.6 is 0 Å². The van der Waals surface area contributed by atoms with Crippen LogP contribution in [0.4, 0.5) is 0 Å². The summed E-state index contributed by atoms with van der Waals surface area (Å²) in [5, 5.41) is 9.87. The number of ketones is 1. The maximum Gasteiger partial charge on any atom is 0.170 e. The second kappa shape index (κ2) is 6.31. The van der Waals surface area contributed by atoms with Crippen LogP contribution in [-0.4, -0.2) is 25.1 Å². The zero-order chi connectivity index (χ0) is 15.4. The number of carbonyl (C=O) groups is 1. The largest absolute Gasteiger partial charge is 0.507 e. The maximum atomic E-state index is 12.3. The maximum absolute atomic E-state index is 12.3. The minimum Gasteiger partial charge on any atom is -0.507 e. The highest BCUT2D eigenvalue weighted by Gasteiger charge is 2.13. The Morgan fingerprint density at radius 3 is 2.19 bits per heavy atom. The van der Waals surface area contributed by atoms with E-state index in [0.29, 0.717) is 17.1 Å². The molecule has 0 bridgehead atoms. The van der Waals surface area contributed by atoms with Crippen LogP contribution in [0.3, 0.4) is 0 Å². The summed E-state index contributed by atoms with van der Waals surface area (Å²) in [5.41, 5.74) is 2.01. The normalized spacial score (nSPS) is 10.2. The topological polar surface area (TPSA) is 55.8 Å². The molecule has 4 heteroatoms. The van der Waals surface area contributed by atoms with Gasteiger partial charge in [0.05, 0.1) is 19.8 Å². The van der Waals surface area contributed by atoms with Crippen molar-refractivity contribution in [1.29, 1.82) is 0 Å². The van der Waals surface area contributed by atoms with Gasteiger partial charge in [-0.2, -0.15) is 0 Å². The van der Waals surface area contributed by atoms with Gasteiger partial charge in [-0.05, 0) is 42.3 Å². The van der Waals surface area contributed by atoms with Crippen LogP contribution < -0.4 is 9.47 Å². The lowest BCUT2D eigenvalue weighted by Crippen LogP contribution is -2.04. The van der Waals surface area contributed by atoms with E-state index in [9.17, 15) is 9.90 Å². The van der Waals surface area contributed by atoms with Gasteiger partial charge in [0.25, 0.3) is 0 Å². The Kier molecular flexibility index (Phi) is 4.48. The van der Waals surface area contributed by atoms with E-state index >= 15 is 0 Å². The lowest BCUT2D eigenvalue weighted by atomic mass is 10.0. The zero-order valence-corrected chi connectivity index (χ0v) is 12.3. The Hall–Kier alpha value is -2.49. The highest BCUT2D eigenvalue weighted by Crippen LogP contribution is 2.25. The first kappa shape index (κ1) is 14.9. The molecular weight excluding hydrogens is 268 g/mol. The number of methoxy groups -OCH3 is 2. The predicted molar refractivity (Wildman–Crippen MR) is 80.4 cm³/mol. The van der Waals surface area contributed by atoms with Gasteiger partial charge in [-0.1, -0.05) is 6.07 Å². The quantitative estimate of drug-likeness (QED) is 0.858. The van der Waals surface area contributed by atoms with Crippen molar-refractivity contribution in [3.63, 3.8) is 0 Å². The van der Waals surface area contributed by atoms with Crippen molar-refractivity contribution >= 4 is 5.78 Å². The summed E-state index contributed by atoms with van der Waals surface area (Å²) in [6, 6.07) is 10.3. The molecule has 0 aliphatic heterocycles. The van der Waals surface area contributed by atoms with Gasteiger partial charge in [0.2, 0.25) is 0 Å². The molecule has 2 rings (SSSR count). The molecule has 0 unspecified atom stereocenters. The molecule has 0 fully saturated rings. The fourth-order valence-corrected chi connectivity index (χ4v) is 2.13. The third-order valence-corrected chi connectivity index (χ3v) is 3.23. The van der Waals surface area contributed by atoms with Crippen molar-refractivity contribution in [2.24, 2.45) is 0 Å². The minimum atomic E-state index is -0.150. The second-order valence-corrected chi connectivity index (χ2v) is 4.84. The highest BCUT2D eigenvalue weighted by atomic mass is 16.5. The number of hydrogen-bond acceptors (Lipinski definition) is 4. The third-order valence-electron chi connectivity index (χ3n) is 3.23. The van der Waals surface area contributed by atoms with Crippen molar-refractivity contribution in [3.8, 4) is 17.2 Å². The lowest BCUT2D eigenvalue weighted by molar-refractivity contribution is 0.0990. The number of carbonyl (C=O) groups excluding carboxylic acids is 1. The van der Waals surface area contributed by atoms with E-state index in [1.165, 1.54) is 0 Å². The minimum absolute atomic E-state index is 0.00913. The molecule has 0 amide bonds. The van der Waals surface area contributed by atoms with Gasteiger partial charge in [0.15, 0.2) is 5.78 Å². The van der Waals surface area contributed by atoms with Crippen LogP contribution in [0.1, 0.15) is 21.5 Å². The molecular formula is C17H18O4. The number of aryl methyl sites for hydroxylation is 1. The summed E-state index contributed by atoms with van der Waals surface area (Å²) in [4.78, 5) is 12.3. The number of ether oxygens (including phenoxy) is 2. The van der Waals surface area contributed by atoms with Gasteiger partial charge >= 0.3 is 0 Å².